The van der Waals surface area contributed by atoms with Gasteiger partial charge in [-0.25, -0.2) is 8.42 Å². The van der Waals surface area contributed by atoms with Crippen molar-refractivity contribution in [1.82, 2.24) is 0 Å². The molecule has 6 heteroatoms. The van der Waals surface area contributed by atoms with E-state index in [0.717, 1.165) is 6.42 Å². The predicted octanol–water partition coefficient (Wildman–Crippen LogP) is 0.443. The lowest BCUT2D eigenvalue weighted by molar-refractivity contribution is -0.134. The second-order valence-electron chi connectivity index (χ2n) is 4.49. The van der Waals surface area contributed by atoms with Crippen LogP contribution < -0.4 is 0 Å². The zero-order valence-corrected chi connectivity index (χ0v) is 9.71. The summed E-state index contributed by atoms with van der Waals surface area (Å²) in [6.07, 6.45) is 1.12. The summed E-state index contributed by atoms with van der Waals surface area (Å²) in [6, 6.07) is 0. The first kappa shape index (κ1) is 12.4. The first-order valence-corrected chi connectivity index (χ1v) is 6.62. The molecule has 0 radical (unpaired) electrons. The molecule has 1 rings (SSSR count). The molecule has 1 heterocycles. The van der Waals surface area contributed by atoms with Crippen molar-refractivity contribution in [2.75, 3.05) is 11.5 Å². The van der Waals surface area contributed by atoms with Gasteiger partial charge in [-0.3, -0.25) is 4.79 Å². The number of carboxylic acid groups (broad SMARTS) is 1. The van der Waals surface area contributed by atoms with Crippen LogP contribution in [0.4, 0.5) is 0 Å². The molecule has 0 aromatic rings. The van der Waals surface area contributed by atoms with Crippen LogP contribution in [0.1, 0.15) is 26.7 Å². The molecular formula is C9H16O5S. The average Bonchev–Trinajstić information content (AvgIpc) is 2.25. The van der Waals surface area contributed by atoms with E-state index in [-0.39, 0.29) is 17.5 Å². The van der Waals surface area contributed by atoms with Crippen molar-refractivity contribution in [3.63, 3.8) is 0 Å². The largest absolute Gasteiger partial charge is 0.480 e. The molecule has 0 bridgehead atoms. The minimum Gasteiger partial charge on any atom is -0.480 e. The molecule has 15 heavy (non-hydrogen) atoms. The number of sulfone groups is 1. The molecule has 1 N–H and O–H groups in total. The van der Waals surface area contributed by atoms with Crippen LogP contribution in [0.5, 0.6) is 0 Å². The van der Waals surface area contributed by atoms with E-state index in [1.165, 1.54) is 0 Å². The van der Waals surface area contributed by atoms with Gasteiger partial charge in [0.25, 0.3) is 0 Å². The van der Waals surface area contributed by atoms with E-state index in [0.29, 0.717) is 6.42 Å². The van der Waals surface area contributed by atoms with Crippen LogP contribution in [0.2, 0.25) is 0 Å². The Bertz CT molecular complexity index is 344. The maximum Gasteiger partial charge on any atom is 0.318 e. The topological polar surface area (TPSA) is 80.7 Å². The number of carbonyl (C=O) groups is 1. The first-order valence-electron chi connectivity index (χ1n) is 4.80. The monoisotopic (exact) mass is 236 g/mol. The smallest absolute Gasteiger partial charge is 0.318 e. The van der Waals surface area contributed by atoms with Crippen LogP contribution in [-0.4, -0.2) is 42.7 Å². The van der Waals surface area contributed by atoms with Crippen molar-refractivity contribution >= 4 is 15.8 Å². The Kier molecular flexibility index (Phi) is 3.40. The zero-order valence-electron chi connectivity index (χ0n) is 8.89. The second-order valence-corrected chi connectivity index (χ2v) is 6.60. The zero-order chi connectivity index (χ0) is 11.7. The number of rotatable bonds is 4. The van der Waals surface area contributed by atoms with Gasteiger partial charge < -0.3 is 9.84 Å². The van der Waals surface area contributed by atoms with Gasteiger partial charge in [0.05, 0.1) is 17.5 Å². The van der Waals surface area contributed by atoms with Gasteiger partial charge >= 0.3 is 5.97 Å². The minimum absolute atomic E-state index is 0.192. The summed E-state index contributed by atoms with van der Waals surface area (Å²) in [7, 11) is -3.54. The summed E-state index contributed by atoms with van der Waals surface area (Å²) >= 11 is 0. The van der Waals surface area contributed by atoms with Crippen molar-refractivity contribution in [3.05, 3.63) is 0 Å². The number of hydrogen-bond donors (Lipinski definition) is 1. The number of carboxylic acids is 1. The van der Waals surface area contributed by atoms with Crippen LogP contribution >= 0.6 is 0 Å². The van der Waals surface area contributed by atoms with Crippen molar-refractivity contribution in [1.29, 1.82) is 0 Å². The lowest BCUT2D eigenvalue weighted by atomic mass is 10.1. The molecule has 1 fully saturated rings. The molecule has 88 valence electrons. The van der Waals surface area contributed by atoms with Crippen LogP contribution in [0.3, 0.4) is 0 Å². The predicted molar refractivity (Wildman–Crippen MR) is 54.5 cm³/mol. The Morgan fingerprint density at radius 3 is 2.53 bits per heavy atom. The summed E-state index contributed by atoms with van der Waals surface area (Å²) in [4.78, 5) is 10.3. The maximum absolute atomic E-state index is 11.3. The molecule has 1 saturated heterocycles. The molecule has 0 amide bonds. The van der Waals surface area contributed by atoms with Crippen molar-refractivity contribution in [2.24, 2.45) is 0 Å². The third-order valence-corrected chi connectivity index (χ3v) is 3.90. The summed E-state index contributed by atoms with van der Waals surface area (Å²) in [5.74, 6) is -2.32. The molecule has 1 aliphatic heterocycles. The van der Waals surface area contributed by atoms with E-state index < -0.39 is 21.6 Å². The summed E-state index contributed by atoms with van der Waals surface area (Å²) in [5.41, 5.74) is -0.288. The Morgan fingerprint density at radius 2 is 2.13 bits per heavy atom. The van der Waals surface area contributed by atoms with Gasteiger partial charge in [-0.2, -0.15) is 0 Å². The number of hydrogen-bond acceptors (Lipinski definition) is 4. The summed E-state index contributed by atoms with van der Waals surface area (Å²) in [5, 5.41) is 8.41. The third kappa shape index (κ3) is 4.17. The SMILES string of the molecule is CC1(C)CCC(CS(=O)(=O)CC(=O)O)O1. The van der Waals surface area contributed by atoms with Gasteiger partial charge in [-0.15, -0.1) is 0 Å². The van der Waals surface area contributed by atoms with Crippen molar-refractivity contribution < 1.29 is 23.1 Å². The first-order chi connectivity index (χ1) is 6.70. The fraction of sp³-hybridized carbons (Fsp3) is 0.889. The quantitative estimate of drug-likeness (QED) is 0.766. The van der Waals surface area contributed by atoms with Crippen LogP contribution in [-0.2, 0) is 19.4 Å². The lowest BCUT2D eigenvalue weighted by Gasteiger charge is -2.18. The number of aliphatic carboxylic acids is 1. The summed E-state index contributed by atoms with van der Waals surface area (Å²) < 4.78 is 28.2. The molecular weight excluding hydrogens is 220 g/mol. The van der Waals surface area contributed by atoms with Crippen LogP contribution in [0.25, 0.3) is 0 Å². The highest BCUT2D eigenvalue weighted by molar-refractivity contribution is 7.92. The Hall–Kier alpha value is -0.620. The van der Waals surface area contributed by atoms with E-state index in [1.54, 1.807) is 0 Å². The lowest BCUT2D eigenvalue weighted by Crippen LogP contribution is -2.28. The van der Waals surface area contributed by atoms with E-state index in [9.17, 15) is 13.2 Å². The van der Waals surface area contributed by atoms with Gasteiger partial charge in [0, 0.05) is 0 Å². The highest BCUT2D eigenvalue weighted by Gasteiger charge is 2.34. The third-order valence-electron chi connectivity index (χ3n) is 2.34. The molecule has 0 aromatic heterocycles. The minimum atomic E-state index is -3.54. The van der Waals surface area contributed by atoms with E-state index >= 15 is 0 Å². The Morgan fingerprint density at radius 1 is 1.53 bits per heavy atom. The molecule has 0 aliphatic carbocycles. The Labute approximate surface area is 89.3 Å². The normalized spacial score (nSPS) is 25.3. The van der Waals surface area contributed by atoms with Gasteiger partial charge in [0.15, 0.2) is 9.84 Å². The highest BCUT2D eigenvalue weighted by atomic mass is 32.2. The van der Waals surface area contributed by atoms with Crippen LogP contribution in [0.15, 0.2) is 0 Å². The van der Waals surface area contributed by atoms with E-state index in [2.05, 4.69) is 0 Å². The van der Waals surface area contributed by atoms with E-state index in [4.69, 9.17) is 9.84 Å². The molecule has 1 atom stereocenters. The maximum atomic E-state index is 11.3. The number of ether oxygens (including phenoxy) is 1. The van der Waals surface area contributed by atoms with Gasteiger partial charge in [0.2, 0.25) is 0 Å². The molecule has 5 nitrogen and oxygen atoms in total. The molecule has 1 aliphatic rings. The fourth-order valence-electron chi connectivity index (χ4n) is 1.73. The molecule has 0 spiro atoms. The van der Waals surface area contributed by atoms with Gasteiger partial charge in [0.1, 0.15) is 5.75 Å². The highest BCUT2D eigenvalue weighted by Crippen LogP contribution is 2.29. The molecule has 1 unspecified atom stereocenters. The fourth-order valence-corrected chi connectivity index (χ4v) is 3.02. The van der Waals surface area contributed by atoms with Gasteiger partial charge in [-0.05, 0) is 26.7 Å². The summed E-state index contributed by atoms with van der Waals surface area (Å²) in [6.45, 7) is 3.80. The average molecular weight is 236 g/mol. The van der Waals surface area contributed by atoms with E-state index in [1.807, 2.05) is 13.8 Å². The van der Waals surface area contributed by atoms with Gasteiger partial charge in [-0.1, -0.05) is 0 Å². The second kappa shape index (κ2) is 4.09. The Balaban J connectivity index is 2.53. The molecule has 0 aromatic carbocycles. The standard InChI is InChI=1S/C9H16O5S/c1-9(2)4-3-7(14-9)5-15(12,13)6-8(10)11/h7H,3-6H2,1-2H3,(H,10,11). The van der Waals surface area contributed by atoms with Crippen molar-refractivity contribution in [2.45, 2.75) is 38.4 Å². The molecule has 0 saturated carbocycles. The van der Waals surface area contributed by atoms with Crippen LogP contribution in [0, 0.1) is 0 Å². The van der Waals surface area contributed by atoms with Crippen molar-refractivity contribution in [3.8, 4) is 0 Å².